The number of nitrogens with one attached hydrogen (secondary N) is 1. The van der Waals surface area contributed by atoms with E-state index in [2.05, 4.69) is 35.1 Å². The van der Waals surface area contributed by atoms with Gasteiger partial charge >= 0.3 is 0 Å². The van der Waals surface area contributed by atoms with Crippen LogP contribution in [0.1, 0.15) is 25.8 Å². The van der Waals surface area contributed by atoms with E-state index in [0.29, 0.717) is 12.6 Å². The van der Waals surface area contributed by atoms with Crippen LogP contribution in [0.25, 0.3) is 0 Å². The number of hydrogen-bond acceptors (Lipinski definition) is 4. The summed E-state index contributed by atoms with van der Waals surface area (Å²) < 4.78 is 0.865. The highest BCUT2D eigenvalue weighted by Gasteiger charge is 2.14. The number of rotatable bonds is 8. The van der Waals surface area contributed by atoms with Crippen molar-refractivity contribution < 1.29 is 4.92 Å². The van der Waals surface area contributed by atoms with Crippen molar-refractivity contribution in [3.05, 3.63) is 38.3 Å². The minimum Gasteiger partial charge on any atom is -0.310 e. The fourth-order valence-corrected chi connectivity index (χ4v) is 2.88. The zero-order valence-corrected chi connectivity index (χ0v) is 13.6. The van der Waals surface area contributed by atoms with Crippen LogP contribution in [0.5, 0.6) is 0 Å². The minimum absolute atomic E-state index is 0.172. The molecule has 0 radical (unpaired) electrons. The molecule has 0 bridgehead atoms. The highest BCUT2D eigenvalue weighted by atomic mass is 79.9. The second-order valence-electron chi connectivity index (χ2n) is 4.30. The van der Waals surface area contributed by atoms with Crippen LogP contribution >= 0.6 is 27.7 Å². The standard InChI is InChI=1S/C13H19BrN2O2S/c1-3-19-7-6-10(2)15-9-11-8-12(14)4-5-13(11)16(17)18/h4-5,8,10,15H,3,6-7,9H2,1-2H3. The van der Waals surface area contributed by atoms with Crippen molar-refractivity contribution >= 4 is 33.4 Å². The first-order chi connectivity index (χ1) is 9.04. The van der Waals surface area contributed by atoms with E-state index < -0.39 is 0 Å². The lowest BCUT2D eigenvalue weighted by Crippen LogP contribution is -2.26. The SMILES string of the molecule is CCSCCC(C)NCc1cc(Br)ccc1[N+](=O)[O-]. The smallest absolute Gasteiger partial charge is 0.273 e. The van der Waals surface area contributed by atoms with Crippen molar-refractivity contribution in [3.63, 3.8) is 0 Å². The van der Waals surface area contributed by atoms with E-state index in [1.54, 1.807) is 18.2 Å². The van der Waals surface area contributed by atoms with E-state index in [0.717, 1.165) is 28.0 Å². The van der Waals surface area contributed by atoms with E-state index in [4.69, 9.17) is 0 Å². The molecule has 1 unspecified atom stereocenters. The summed E-state index contributed by atoms with van der Waals surface area (Å²) in [6.07, 6.45) is 1.07. The Morgan fingerprint density at radius 3 is 2.89 bits per heavy atom. The zero-order chi connectivity index (χ0) is 14.3. The van der Waals surface area contributed by atoms with Crippen LogP contribution in [0.4, 0.5) is 5.69 Å². The molecule has 1 atom stereocenters. The highest BCUT2D eigenvalue weighted by molar-refractivity contribution is 9.10. The normalized spacial score (nSPS) is 12.4. The summed E-state index contributed by atoms with van der Waals surface area (Å²) >= 11 is 5.26. The molecule has 0 fully saturated rings. The molecule has 4 nitrogen and oxygen atoms in total. The largest absolute Gasteiger partial charge is 0.310 e. The van der Waals surface area contributed by atoms with Crippen molar-refractivity contribution in [2.24, 2.45) is 0 Å². The lowest BCUT2D eigenvalue weighted by atomic mass is 10.1. The van der Waals surface area contributed by atoms with Crippen LogP contribution in [-0.2, 0) is 6.54 Å². The summed E-state index contributed by atoms with van der Waals surface area (Å²) in [4.78, 5) is 10.6. The van der Waals surface area contributed by atoms with Gasteiger partial charge in [-0.3, -0.25) is 10.1 Å². The Balaban J connectivity index is 2.56. The number of thioether (sulfide) groups is 1. The van der Waals surface area contributed by atoms with Crippen molar-refractivity contribution in [2.45, 2.75) is 32.9 Å². The molecule has 0 aromatic heterocycles. The van der Waals surface area contributed by atoms with Crippen LogP contribution < -0.4 is 5.32 Å². The third-order valence-electron chi connectivity index (χ3n) is 2.78. The molecular formula is C13H19BrN2O2S. The summed E-state index contributed by atoms with van der Waals surface area (Å²) in [7, 11) is 0. The topological polar surface area (TPSA) is 55.2 Å². The van der Waals surface area contributed by atoms with Gasteiger partial charge in [-0.1, -0.05) is 22.9 Å². The van der Waals surface area contributed by atoms with Gasteiger partial charge in [-0.05, 0) is 37.0 Å². The molecule has 6 heteroatoms. The minimum atomic E-state index is -0.332. The first-order valence-electron chi connectivity index (χ1n) is 6.28. The summed E-state index contributed by atoms with van der Waals surface area (Å²) in [5, 5.41) is 14.3. The predicted molar refractivity (Wildman–Crippen MR) is 84.7 cm³/mol. The van der Waals surface area contributed by atoms with Gasteiger partial charge in [0.2, 0.25) is 0 Å². The number of hydrogen-bond donors (Lipinski definition) is 1. The van der Waals surface area contributed by atoms with E-state index in [-0.39, 0.29) is 10.6 Å². The van der Waals surface area contributed by atoms with Crippen LogP contribution in [0.2, 0.25) is 0 Å². The molecule has 1 aromatic carbocycles. The van der Waals surface area contributed by atoms with Crippen molar-refractivity contribution in [2.75, 3.05) is 11.5 Å². The quantitative estimate of drug-likeness (QED) is 0.439. The molecule has 0 aliphatic rings. The Bertz CT molecular complexity index is 429. The molecule has 0 saturated carbocycles. The molecule has 0 aliphatic heterocycles. The lowest BCUT2D eigenvalue weighted by molar-refractivity contribution is -0.385. The fraction of sp³-hybridized carbons (Fsp3) is 0.538. The average Bonchev–Trinajstić information content (AvgIpc) is 2.36. The zero-order valence-electron chi connectivity index (χ0n) is 11.2. The molecule has 1 N–H and O–H groups in total. The van der Waals surface area contributed by atoms with Crippen LogP contribution in [0.3, 0.4) is 0 Å². The Morgan fingerprint density at radius 1 is 1.53 bits per heavy atom. The van der Waals surface area contributed by atoms with Crippen molar-refractivity contribution in [1.82, 2.24) is 5.32 Å². The van der Waals surface area contributed by atoms with E-state index in [1.165, 1.54) is 0 Å². The molecular weight excluding hydrogens is 328 g/mol. The lowest BCUT2D eigenvalue weighted by Gasteiger charge is -2.13. The van der Waals surface area contributed by atoms with Crippen molar-refractivity contribution in [3.8, 4) is 0 Å². The maximum Gasteiger partial charge on any atom is 0.273 e. The van der Waals surface area contributed by atoms with E-state index in [9.17, 15) is 10.1 Å². The Kier molecular flexibility index (Phi) is 7.41. The van der Waals surface area contributed by atoms with Crippen molar-refractivity contribution in [1.29, 1.82) is 0 Å². The maximum atomic E-state index is 10.9. The van der Waals surface area contributed by atoms with Gasteiger partial charge in [-0.2, -0.15) is 11.8 Å². The molecule has 1 aromatic rings. The fourth-order valence-electron chi connectivity index (χ4n) is 1.66. The van der Waals surface area contributed by atoms with Gasteiger partial charge in [0, 0.05) is 28.7 Å². The van der Waals surface area contributed by atoms with Gasteiger partial charge in [0.1, 0.15) is 0 Å². The third kappa shape index (κ3) is 5.93. The van der Waals surface area contributed by atoms with Gasteiger partial charge in [0.15, 0.2) is 0 Å². The summed E-state index contributed by atoms with van der Waals surface area (Å²) in [5.74, 6) is 2.25. The molecule has 19 heavy (non-hydrogen) atoms. The number of nitro groups is 1. The van der Waals surface area contributed by atoms with Gasteiger partial charge < -0.3 is 5.32 Å². The number of nitrogens with zero attached hydrogens (tertiary/aromatic N) is 1. The third-order valence-corrected chi connectivity index (χ3v) is 4.20. The average molecular weight is 347 g/mol. The molecule has 0 heterocycles. The Hall–Kier alpha value is -0.590. The Morgan fingerprint density at radius 2 is 2.26 bits per heavy atom. The molecule has 0 spiro atoms. The summed E-state index contributed by atoms with van der Waals surface area (Å²) in [6.45, 7) is 4.78. The number of nitro benzene ring substituents is 1. The monoisotopic (exact) mass is 346 g/mol. The highest BCUT2D eigenvalue weighted by Crippen LogP contribution is 2.23. The van der Waals surface area contributed by atoms with Gasteiger partial charge in [-0.25, -0.2) is 0 Å². The van der Waals surface area contributed by atoms with Gasteiger partial charge in [-0.15, -0.1) is 0 Å². The first kappa shape index (κ1) is 16.5. The Labute approximate surface area is 126 Å². The molecule has 1 rings (SSSR count). The summed E-state index contributed by atoms with van der Waals surface area (Å²) in [5.41, 5.74) is 0.889. The van der Waals surface area contributed by atoms with Gasteiger partial charge in [0.05, 0.1) is 4.92 Å². The predicted octanol–water partition coefficient (Wildman–Crippen LogP) is 3.98. The first-order valence-corrected chi connectivity index (χ1v) is 8.23. The molecule has 0 aliphatic carbocycles. The second-order valence-corrected chi connectivity index (χ2v) is 6.61. The maximum absolute atomic E-state index is 10.9. The number of halogens is 1. The molecule has 0 amide bonds. The van der Waals surface area contributed by atoms with Crippen LogP contribution in [0.15, 0.2) is 22.7 Å². The summed E-state index contributed by atoms with van der Waals surface area (Å²) in [6, 6.07) is 5.40. The second kappa shape index (κ2) is 8.55. The van der Waals surface area contributed by atoms with Crippen LogP contribution in [-0.4, -0.2) is 22.5 Å². The van der Waals surface area contributed by atoms with E-state index in [1.807, 2.05) is 11.8 Å². The van der Waals surface area contributed by atoms with Crippen LogP contribution in [0, 0.1) is 10.1 Å². The van der Waals surface area contributed by atoms with Gasteiger partial charge in [0.25, 0.3) is 5.69 Å². The van der Waals surface area contributed by atoms with E-state index >= 15 is 0 Å². The molecule has 0 saturated heterocycles. The molecule has 106 valence electrons. The number of benzene rings is 1.